The van der Waals surface area contributed by atoms with Crippen LogP contribution in [-0.4, -0.2) is 54.6 Å². The Balaban J connectivity index is 1.63. The van der Waals surface area contributed by atoms with Gasteiger partial charge in [-0.1, -0.05) is 30.3 Å². The van der Waals surface area contributed by atoms with Gasteiger partial charge in [-0.25, -0.2) is 4.39 Å². The van der Waals surface area contributed by atoms with E-state index >= 15 is 0 Å². The number of anilines is 3. The van der Waals surface area contributed by atoms with Crippen LogP contribution in [0.4, 0.5) is 21.5 Å². The molecule has 3 amide bonds. The average molecular weight is 517 g/mol. The van der Waals surface area contributed by atoms with E-state index in [1.807, 2.05) is 31.1 Å². The Hall–Kier alpha value is -4.53. The van der Waals surface area contributed by atoms with E-state index in [0.717, 1.165) is 10.6 Å². The van der Waals surface area contributed by atoms with Crippen molar-refractivity contribution in [3.05, 3.63) is 89.7 Å². The molecule has 0 saturated heterocycles. The number of hydrogen-bond acceptors (Lipinski definition) is 5. The fraction of sp³-hybridized carbons (Fsp3) is 0.241. The van der Waals surface area contributed by atoms with Gasteiger partial charge in [-0.2, -0.15) is 0 Å². The van der Waals surface area contributed by atoms with Crippen molar-refractivity contribution in [1.82, 2.24) is 4.90 Å². The zero-order chi connectivity index (χ0) is 27.6. The molecule has 0 aromatic heterocycles. The van der Waals surface area contributed by atoms with Crippen LogP contribution in [0.25, 0.3) is 0 Å². The number of amides is 3. The molecule has 196 valence electrons. The fourth-order valence-electron chi connectivity index (χ4n) is 4.27. The van der Waals surface area contributed by atoms with Crippen LogP contribution < -0.4 is 15.1 Å². The van der Waals surface area contributed by atoms with Crippen LogP contribution in [0.3, 0.4) is 0 Å². The number of halogens is 1. The Morgan fingerprint density at radius 3 is 2.21 bits per heavy atom. The molecular weight excluding hydrogens is 487 g/mol. The van der Waals surface area contributed by atoms with Crippen LogP contribution in [0.15, 0.2) is 72.8 Å². The smallest absolute Gasteiger partial charge is 0.299 e. The van der Waals surface area contributed by atoms with Crippen LogP contribution in [0.2, 0.25) is 0 Å². The van der Waals surface area contributed by atoms with Crippen molar-refractivity contribution in [1.29, 1.82) is 0 Å². The summed E-state index contributed by atoms with van der Waals surface area (Å²) in [7, 11) is 3.81. The van der Waals surface area contributed by atoms with Crippen LogP contribution >= 0.6 is 0 Å². The Labute approximate surface area is 220 Å². The summed E-state index contributed by atoms with van der Waals surface area (Å²) in [4.78, 5) is 56.6. The van der Waals surface area contributed by atoms with Crippen molar-refractivity contribution in [3.8, 4) is 0 Å². The summed E-state index contributed by atoms with van der Waals surface area (Å²) in [5.41, 5.74) is 0.770. The number of carbonyl (C=O) groups is 4. The van der Waals surface area contributed by atoms with Gasteiger partial charge in [-0.05, 0) is 56.3 Å². The number of hydrogen-bond donors (Lipinski definition) is 1. The van der Waals surface area contributed by atoms with Crippen molar-refractivity contribution in [2.75, 3.05) is 35.8 Å². The van der Waals surface area contributed by atoms with Gasteiger partial charge in [0, 0.05) is 37.6 Å². The van der Waals surface area contributed by atoms with Crippen LogP contribution in [-0.2, 0) is 20.9 Å². The number of benzene rings is 3. The molecule has 38 heavy (non-hydrogen) atoms. The van der Waals surface area contributed by atoms with Gasteiger partial charge in [0.05, 0.1) is 11.3 Å². The number of nitrogens with one attached hydrogen (secondary N) is 1. The molecule has 0 fully saturated rings. The highest BCUT2D eigenvalue weighted by molar-refractivity contribution is 6.52. The minimum atomic E-state index is -1.45. The summed E-state index contributed by atoms with van der Waals surface area (Å²) in [6.45, 7) is 2.41. The second-order valence-electron chi connectivity index (χ2n) is 9.76. The second-order valence-corrected chi connectivity index (χ2v) is 9.76. The van der Waals surface area contributed by atoms with E-state index in [9.17, 15) is 23.6 Å². The first-order valence-corrected chi connectivity index (χ1v) is 12.1. The molecule has 1 aliphatic heterocycles. The van der Waals surface area contributed by atoms with Gasteiger partial charge in [0.1, 0.15) is 17.9 Å². The number of para-hydroxylation sites is 1. The lowest BCUT2D eigenvalue weighted by atomic mass is 9.99. The lowest BCUT2D eigenvalue weighted by Gasteiger charge is -2.38. The molecule has 9 heteroatoms. The highest BCUT2D eigenvalue weighted by Crippen LogP contribution is 2.30. The molecule has 0 radical (unpaired) electrons. The number of fused-ring (bicyclic) bond motifs is 1. The number of rotatable bonds is 8. The normalized spacial score (nSPS) is 12.8. The summed E-state index contributed by atoms with van der Waals surface area (Å²) in [6.07, 6.45) is 0. The molecule has 3 aromatic carbocycles. The van der Waals surface area contributed by atoms with E-state index < -0.39 is 41.4 Å². The number of ketones is 1. The molecule has 1 aliphatic rings. The van der Waals surface area contributed by atoms with Gasteiger partial charge >= 0.3 is 0 Å². The van der Waals surface area contributed by atoms with Crippen molar-refractivity contribution >= 4 is 40.6 Å². The predicted molar refractivity (Wildman–Crippen MR) is 144 cm³/mol. The van der Waals surface area contributed by atoms with Gasteiger partial charge in [-0.3, -0.25) is 24.1 Å². The first-order chi connectivity index (χ1) is 18.0. The summed E-state index contributed by atoms with van der Waals surface area (Å²) in [5, 5.41) is 2.83. The third kappa shape index (κ3) is 5.13. The minimum Gasteiger partial charge on any atom is -0.378 e. The number of carbonyl (C=O) groups excluding carboxylic acids is 4. The zero-order valence-corrected chi connectivity index (χ0v) is 21.7. The Bertz CT molecular complexity index is 1400. The summed E-state index contributed by atoms with van der Waals surface area (Å²) in [5.74, 6) is -3.17. The molecule has 3 aromatic rings. The van der Waals surface area contributed by atoms with E-state index in [0.29, 0.717) is 11.4 Å². The van der Waals surface area contributed by atoms with E-state index in [1.165, 1.54) is 29.2 Å². The van der Waals surface area contributed by atoms with Crippen LogP contribution in [0.5, 0.6) is 0 Å². The summed E-state index contributed by atoms with van der Waals surface area (Å²) < 4.78 is 14.6. The van der Waals surface area contributed by atoms with Gasteiger partial charge in [0.15, 0.2) is 0 Å². The standard InChI is InChI=1S/C29H29FN4O4/c1-29(2,28(38)31-20-13-15-21(16-14-20)32(3)4)34(17-19-9-5-7-11-23(19)30)25(35)18-33-24-12-8-6-10-22(24)26(36)27(33)37/h5-16H,17-18H2,1-4H3,(H,31,38). The molecule has 0 spiro atoms. The van der Waals surface area contributed by atoms with Gasteiger partial charge in [0.2, 0.25) is 11.8 Å². The lowest BCUT2D eigenvalue weighted by molar-refractivity contribution is -0.143. The third-order valence-corrected chi connectivity index (χ3v) is 6.63. The zero-order valence-electron chi connectivity index (χ0n) is 21.7. The van der Waals surface area contributed by atoms with Gasteiger partial charge in [0.25, 0.3) is 11.7 Å². The highest BCUT2D eigenvalue weighted by atomic mass is 19.1. The molecule has 0 saturated carbocycles. The number of Topliss-reactive ketones (excluding diaryl/α,β-unsaturated/α-hetero) is 1. The topological polar surface area (TPSA) is 90.0 Å². The molecule has 0 bridgehead atoms. The SMILES string of the molecule is CN(C)c1ccc(NC(=O)C(C)(C)N(Cc2ccccc2F)C(=O)CN2C(=O)C(=O)c3ccccc32)cc1. The Kier molecular flexibility index (Phi) is 7.30. The van der Waals surface area contributed by atoms with Crippen molar-refractivity contribution in [2.45, 2.75) is 25.9 Å². The molecule has 1 heterocycles. The summed E-state index contributed by atoms with van der Waals surface area (Å²) in [6, 6.07) is 19.6. The van der Waals surface area contributed by atoms with E-state index in [-0.39, 0.29) is 17.7 Å². The monoisotopic (exact) mass is 516 g/mol. The average Bonchev–Trinajstić information content (AvgIpc) is 3.13. The van der Waals surface area contributed by atoms with Crippen molar-refractivity contribution in [3.63, 3.8) is 0 Å². The molecule has 0 unspecified atom stereocenters. The largest absolute Gasteiger partial charge is 0.378 e. The maximum atomic E-state index is 14.6. The third-order valence-electron chi connectivity index (χ3n) is 6.63. The van der Waals surface area contributed by atoms with Crippen molar-refractivity contribution in [2.24, 2.45) is 0 Å². The Morgan fingerprint density at radius 1 is 0.921 bits per heavy atom. The fourth-order valence-corrected chi connectivity index (χ4v) is 4.27. The van der Waals surface area contributed by atoms with Gasteiger partial charge < -0.3 is 15.1 Å². The predicted octanol–water partition coefficient (Wildman–Crippen LogP) is 3.87. The quantitative estimate of drug-likeness (QED) is 0.459. The lowest BCUT2D eigenvalue weighted by Crippen LogP contribution is -2.57. The van der Waals surface area contributed by atoms with Crippen molar-refractivity contribution < 1.29 is 23.6 Å². The molecule has 0 atom stereocenters. The van der Waals surface area contributed by atoms with Crippen LogP contribution in [0, 0.1) is 5.82 Å². The highest BCUT2D eigenvalue weighted by Gasteiger charge is 2.42. The van der Waals surface area contributed by atoms with E-state index in [1.54, 1.807) is 50.2 Å². The molecule has 4 rings (SSSR count). The first-order valence-electron chi connectivity index (χ1n) is 12.1. The molecule has 8 nitrogen and oxygen atoms in total. The summed E-state index contributed by atoms with van der Waals surface area (Å²) >= 11 is 0. The van der Waals surface area contributed by atoms with E-state index in [2.05, 4.69) is 5.32 Å². The molecular formula is C29H29FN4O4. The number of nitrogens with zero attached hydrogens (tertiary/aromatic N) is 3. The van der Waals surface area contributed by atoms with E-state index in [4.69, 9.17) is 0 Å². The Morgan fingerprint density at radius 2 is 1.55 bits per heavy atom. The van der Waals surface area contributed by atoms with Crippen LogP contribution in [0.1, 0.15) is 29.8 Å². The minimum absolute atomic E-state index is 0.210. The maximum Gasteiger partial charge on any atom is 0.299 e. The van der Waals surface area contributed by atoms with Gasteiger partial charge in [-0.15, -0.1) is 0 Å². The second kappa shape index (κ2) is 10.5. The molecule has 1 N–H and O–H groups in total. The maximum absolute atomic E-state index is 14.6. The first kappa shape index (κ1) is 26.5. The molecule has 0 aliphatic carbocycles.